The Labute approximate surface area is 175 Å². The minimum atomic E-state index is -0.568. The number of allylic oxidation sites excluding steroid dienone is 2. The van der Waals surface area contributed by atoms with E-state index in [1.54, 1.807) is 11.3 Å². The van der Waals surface area contributed by atoms with Crippen molar-refractivity contribution in [3.05, 3.63) is 69.6 Å². The fourth-order valence-corrected chi connectivity index (χ4v) is 5.22. The number of hydrogen-bond acceptors (Lipinski definition) is 5. The Hall–Kier alpha value is -2.53. The van der Waals surface area contributed by atoms with E-state index in [1.807, 2.05) is 54.8 Å². The van der Waals surface area contributed by atoms with Crippen LogP contribution in [0, 0.1) is 11.3 Å². The number of thiophene rings is 1. The number of ketones is 1. The van der Waals surface area contributed by atoms with E-state index in [1.165, 1.54) is 0 Å². The largest absolute Gasteiger partial charge is 0.460 e. The third-order valence-electron chi connectivity index (χ3n) is 5.63. The molecule has 0 saturated heterocycles. The van der Waals surface area contributed by atoms with Crippen LogP contribution in [-0.4, -0.2) is 17.5 Å². The van der Waals surface area contributed by atoms with Gasteiger partial charge in [-0.25, -0.2) is 0 Å². The Bertz CT molecular complexity index is 986. The summed E-state index contributed by atoms with van der Waals surface area (Å²) in [5.41, 5.74) is 3.11. The van der Waals surface area contributed by atoms with Crippen LogP contribution in [0.25, 0.3) is 0 Å². The molecule has 1 aromatic carbocycles. The van der Waals surface area contributed by atoms with Crippen LogP contribution < -0.4 is 0 Å². The molecule has 0 fully saturated rings. The molecular weight excluding hydrogens is 382 g/mol. The number of ether oxygens (including phenoxy) is 1. The summed E-state index contributed by atoms with van der Waals surface area (Å²) in [5.74, 6) is -1.10. The summed E-state index contributed by atoms with van der Waals surface area (Å²) < 4.78 is 5.67. The molecule has 0 bridgehead atoms. The van der Waals surface area contributed by atoms with Crippen molar-refractivity contribution in [2.24, 2.45) is 16.3 Å². The van der Waals surface area contributed by atoms with Crippen LogP contribution in [0.1, 0.15) is 50.0 Å². The van der Waals surface area contributed by atoms with Crippen molar-refractivity contribution in [3.8, 4) is 0 Å². The molecule has 4 rings (SSSR count). The number of Topliss-reactive ketones (excluding diaryl/α,β-unsaturated/α-hetero) is 1. The molecule has 150 valence electrons. The molecule has 1 aliphatic carbocycles. The molecule has 0 spiro atoms. The Morgan fingerprint density at radius 3 is 2.62 bits per heavy atom. The molecule has 4 nitrogen and oxygen atoms in total. The Kier molecular flexibility index (Phi) is 5.26. The van der Waals surface area contributed by atoms with Crippen molar-refractivity contribution >= 4 is 28.8 Å². The highest BCUT2D eigenvalue weighted by Crippen LogP contribution is 2.48. The van der Waals surface area contributed by atoms with Crippen LogP contribution in [0.4, 0.5) is 0 Å². The van der Waals surface area contributed by atoms with Gasteiger partial charge in [-0.15, -0.1) is 11.3 Å². The first-order chi connectivity index (χ1) is 13.9. The summed E-state index contributed by atoms with van der Waals surface area (Å²) in [5, 5.41) is 1.99. The second-order valence-electron chi connectivity index (χ2n) is 8.62. The summed E-state index contributed by atoms with van der Waals surface area (Å²) in [6, 6.07) is 13.6. The first-order valence-electron chi connectivity index (χ1n) is 9.91. The zero-order valence-corrected chi connectivity index (χ0v) is 17.8. The van der Waals surface area contributed by atoms with Crippen molar-refractivity contribution in [3.63, 3.8) is 0 Å². The smallest absolute Gasteiger partial charge is 0.316 e. The monoisotopic (exact) mass is 407 g/mol. The zero-order valence-electron chi connectivity index (χ0n) is 17.0. The maximum absolute atomic E-state index is 13.2. The van der Waals surface area contributed by atoms with Gasteiger partial charge in [-0.05, 0) is 35.8 Å². The number of esters is 1. The molecular formula is C24H25NO3S. The molecule has 2 aliphatic rings. The highest BCUT2D eigenvalue weighted by molar-refractivity contribution is 7.10. The first-order valence-corrected chi connectivity index (χ1v) is 10.8. The van der Waals surface area contributed by atoms with Crippen LogP contribution in [0.2, 0.25) is 0 Å². The summed E-state index contributed by atoms with van der Waals surface area (Å²) in [7, 11) is 0. The van der Waals surface area contributed by atoms with Crippen molar-refractivity contribution in [2.75, 3.05) is 0 Å². The summed E-state index contributed by atoms with van der Waals surface area (Å²) in [4.78, 5) is 32.1. The highest BCUT2D eigenvalue weighted by atomic mass is 32.1. The van der Waals surface area contributed by atoms with E-state index in [-0.39, 0.29) is 29.7 Å². The van der Waals surface area contributed by atoms with Gasteiger partial charge in [-0.3, -0.25) is 14.6 Å². The molecule has 1 unspecified atom stereocenters. The van der Waals surface area contributed by atoms with Crippen LogP contribution in [0.15, 0.2) is 64.1 Å². The SMILES string of the molecule is CC1=NC2=C(C(=O)CC(C)(C)C2)[C@@H](c2cccs2)C1C(=O)OCc1ccccc1. The molecule has 0 radical (unpaired) electrons. The lowest BCUT2D eigenvalue weighted by Crippen LogP contribution is -2.39. The second kappa shape index (κ2) is 7.71. The van der Waals surface area contributed by atoms with Crippen LogP contribution in [0.3, 0.4) is 0 Å². The molecule has 1 aliphatic heterocycles. The minimum Gasteiger partial charge on any atom is -0.460 e. The lowest BCUT2D eigenvalue weighted by atomic mass is 9.68. The molecule has 29 heavy (non-hydrogen) atoms. The van der Waals surface area contributed by atoms with Gasteiger partial charge < -0.3 is 4.74 Å². The average Bonchev–Trinajstić information content (AvgIpc) is 3.19. The maximum Gasteiger partial charge on any atom is 0.316 e. The third kappa shape index (κ3) is 3.97. The van der Waals surface area contributed by atoms with E-state index in [2.05, 4.69) is 13.8 Å². The molecule has 1 aromatic heterocycles. The van der Waals surface area contributed by atoms with E-state index < -0.39 is 5.92 Å². The van der Waals surface area contributed by atoms with E-state index >= 15 is 0 Å². The second-order valence-corrected chi connectivity index (χ2v) is 9.60. The quantitative estimate of drug-likeness (QED) is 0.646. The van der Waals surface area contributed by atoms with Gasteiger partial charge in [0.2, 0.25) is 0 Å². The number of rotatable bonds is 4. The Balaban J connectivity index is 1.68. The number of nitrogens with zero attached hydrogens (tertiary/aromatic N) is 1. The van der Waals surface area contributed by atoms with Gasteiger partial charge in [0.15, 0.2) is 5.78 Å². The summed E-state index contributed by atoms with van der Waals surface area (Å²) >= 11 is 1.58. The van der Waals surface area contributed by atoms with Crippen LogP contribution >= 0.6 is 11.3 Å². The highest BCUT2D eigenvalue weighted by Gasteiger charge is 2.46. The summed E-state index contributed by atoms with van der Waals surface area (Å²) in [6.07, 6.45) is 1.23. The predicted octanol–water partition coefficient (Wildman–Crippen LogP) is 5.31. The van der Waals surface area contributed by atoms with Crippen molar-refractivity contribution in [1.29, 1.82) is 0 Å². The standard InChI is InChI=1S/C24H25NO3S/c1-15-20(23(27)28-14-16-8-5-4-6-9-16)22(19-10-7-11-29-19)21-17(25-15)12-24(2,3)13-18(21)26/h4-11,20,22H,12-14H2,1-3H3/t20?,22-/m0/s1. The topological polar surface area (TPSA) is 55.7 Å². The van der Waals surface area contributed by atoms with Gasteiger partial charge in [0.05, 0.1) is 0 Å². The van der Waals surface area contributed by atoms with Gasteiger partial charge >= 0.3 is 5.97 Å². The molecule has 5 heteroatoms. The lowest BCUT2D eigenvalue weighted by molar-refractivity contribution is -0.147. The maximum atomic E-state index is 13.2. The summed E-state index contributed by atoms with van der Waals surface area (Å²) in [6.45, 7) is 6.29. The van der Waals surface area contributed by atoms with E-state index in [9.17, 15) is 9.59 Å². The molecule has 0 N–H and O–H groups in total. The molecule has 2 aromatic rings. The van der Waals surface area contributed by atoms with Gasteiger partial charge in [-0.1, -0.05) is 50.2 Å². The molecule has 2 atom stereocenters. The number of benzene rings is 1. The minimum absolute atomic E-state index is 0.103. The van der Waals surface area contributed by atoms with Gasteiger partial charge in [0, 0.05) is 34.2 Å². The predicted molar refractivity (Wildman–Crippen MR) is 115 cm³/mol. The fraction of sp³-hybridized carbons (Fsp3) is 0.375. The van der Waals surface area contributed by atoms with Crippen molar-refractivity contribution in [1.82, 2.24) is 0 Å². The first kappa shape index (κ1) is 19.8. The Morgan fingerprint density at radius 2 is 1.93 bits per heavy atom. The van der Waals surface area contributed by atoms with Gasteiger partial charge in [-0.2, -0.15) is 0 Å². The molecule has 2 heterocycles. The normalized spacial score (nSPS) is 23.4. The number of hydrogen-bond donors (Lipinski definition) is 0. The molecule has 0 amide bonds. The van der Waals surface area contributed by atoms with Crippen LogP contribution in [-0.2, 0) is 20.9 Å². The zero-order chi connectivity index (χ0) is 20.6. The molecule has 0 saturated carbocycles. The van der Waals surface area contributed by atoms with Crippen LogP contribution in [0.5, 0.6) is 0 Å². The number of aliphatic imine (C=N–C) groups is 1. The number of carbonyl (C=O) groups excluding carboxylic acids is 2. The average molecular weight is 408 g/mol. The number of carbonyl (C=O) groups is 2. The fourth-order valence-electron chi connectivity index (χ4n) is 4.34. The van der Waals surface area contributed by atoms with E-state index in [0.29, 0.717) is 12.0 Å². The Morgan fingerprint density at radius 1 is 1.17 bits per heavy atom. The van der Waals surface area contributed by atoms with Gasteiger partial charge in [0.1, 0.15) is 12.5 Å². The third-order valence-corrected chi connectivity index (χ3v) is 6.59. The van der Waals surface area contributed by atoms with Gasteiger partial charge in [0.25, 0.3) is 0 Å². The van der Waals surface area contributed by atoms with Crippen molar-refractivity contribution in [2.45, 2.75) is 46.1 Å². The van der Waals surface area contributed by atoms with E-state index in [4.69, 9.17) is 9.73 Å². The van der Waals surface area contributed by atoms with E-state index in [0.717, 1.165) is 28.3 Å². The van der Waals surface area contributed by atoms with Crippen molar-refractivity contribution < 1.29 is 14.3 Å². The lowest BCUT2D eigenvalue weighted by Gasteiger charge is -2.38.